The summed E-state index contributed by atoms with van der Waals surface area (Å²) < 4.78 is 33.1. The Morgan fingerprint density at radius 1 is 1.12 bits per heavy atom. The molecule has 0 spiro atoms. The summed E-state index contributed by atoms with van der Waals surface area (Å²) in [4.78, 5) is 4.24. The monoisotopic (exact) mass is 363 g/mol. The van der Waals surface area contributed by atoms with Gasteiger partial charge >= 0.3 is 0 Å². The van der Waals surface area contributed by atoms with E-state index in [-0.39, 0.29) is 10.8 Å². The molecule has 1 aromatic heterocycles. The molecule has 0 radical (unpaired) electrons. The minimum atomic E-state index is -3.81. The molecule has 0 saturated carbocycles. The van der Waals surface area contributed by atoms with Gasteiger partial charge < -0.3 is 4.52 Å². The highest BCUT2D eigenvalue weighted by molar-refractivity contribution is 7.92. The van der Waals surface area contributed by atoms with Crippen molar-refractivity contribution in [1.29, 1.82) is 0 Å². The molecular weight excluding hydrogens is 350 g/mol. The highest BCUT2D eigenvalue weighted by atomic mass is 35.5. The third-order valence-corrected chi connectivity index (χ3v) is 5.21. The molecule has 0 unspecified atom stereocenters. The summed E-state index contributed by atoms with van der Waals surface area (Å²) in [5.41, 5.74) is 1.44. The number of anilines is 1. The number of hydrogen-bond acceptors (Lipinski definition) is 5. The number of aryl methyl sites for hydroxylation is 2. The Balaban J connectivity index is 2.03. The molecule has 0 aliphatic rings. The van der Waals surface area contributed by atoms with Crippen molar-refractivity contribution in [3.8, 4) is 11.5 Å². The number of hydrogen-bond donors (Lipinski definition) is 1. The Kier molecular flexibility index (Phi) is 4.29. The standard InChI is InChI=1S/C16H14ClN3O3S/c1-10-7-8-12(16-18-11(2)19-23-16)9-15(10)24(21,22)20-14-6-4-3-5-13(14)17/h3-9,20H,1-2H3. The number of benzene rings is 2. The number of aromatic nitrogens is 2. The van der Waals surface area contributed by atoms with E-state index in [1.54, 1.807) is 50.2 Å². The Morgan fingerprint density at radius 3 is 2.54 bits per heavy atom. The number of sulfonamides is 1. The van der Waals surface area contributed by atoms with E-state index in [2.05, 4.69) is 14.9 Å². The van der Waals surface area contributed by atoms with Gasteiger partial charge in [-0.2, -0.15) is 4.98 Å². The fourth-order valence-electron chi connectivity index (χ4n) is 2.18. The highest BCUT2D eigenvalue weighted by Crippen LogP contribution is 2.28. The molecule has 124 valence electrons. The fourth-order valence-corrected chi connectivity index (χ4v) is 3.77. The first-order valence-electron chi connectivity index (χ1n) is 7.05. The van der Waals surface area contributed by atoms with Gasteiger partial charge in [0.15, 0.2) is 5.82 Å². The molecule has 2 aromatic carbocycles. The Hall–Kier alpha value is -2.38. The molecule has 24 heavy (non-hydrogen) atoms. The van der Waals surface area contributed by atoms with Gasteiger partial charge in [-0.15, -0.1) is 0 Å². The van der Waals surface area contributed by atoms with Crippen molar-refractivity contribution < 1.29 is 12.9 Å². The van der Waals surface area contributed by atoms with Crippen molar-refractivity contribution in [2.24, 2.45) is 0 Å². The third kappa shape index (κ3) is 3.27. The first-order chi connectivity index (χ1) is 11.4. The average Bonchev–Trinajstić information content (AvgIpc) is 2.96. The summed E-state index contributed by atoms with van der Waals surface area (Å²) in [5.74, 6) is 0.742. The van der Waals surface area contributed by atoms with Crippen molar-refractivity contribution in [1.82, 2.24) is 10.1 Å². The minimum absolute atomic E-state index is 0.121. The van der Waals surface area contributed by atoms with Crippen molar-refractivity contribution in [3.05, 3.63) is 58.9 Å². The van der Waals surface area contributed by atoms with E-state index in [1.165, 1.54) is 6.07 Å². The van der Waals surface area contributed by atoms with Gasteiger partial charge in [-0.25, -0.2) is 8.42 Å². The lowest BCUT2D eigenvalue weighted by Gasteiger charge is -2.12. The zero-order valence-corrected chi connectivity index (χ0v) is 14.5. The van der Waals surface area contributed by atoms with Gasteiger partial charge in [-0.1, -0.05) is 35.0 Å². The van der Waals surface area contributed by atoms with Gasteiger partial charge in [0.05, 0.1) is 15.6 Å². The molecule has 0 fully saturated rings. The van der Waals surface area contributed by atoms with Crippen LogP contribution in [0.5, 0.6) is 0 Å². The van der Waals surface area contributed by atoms with Crippen LogP contribution in [0.2, 0.25) is 5.02 Å². The lowest BCUT2D eigenvalue weighted by molar-refractivity contribution is 0.425. The van der Waals surface area contributed by atoms with Crippen LogP contribution in [-0.4, -0.2) is 18.6 Å². The van der Waals surface area contributed by atoms with Gasteiger partial charge in [0, 0.05) is 5.56 Å². The Morgan fingerprint density at radius 2 is 1.88 bits per heavy atom. The van der Waals surface area contributed by atoms with Crippen LogP contribution in [0.4, 0.5) is 5.69 Å². The maximum atomic E-state index is 12.7. The van der Waals surface area contributed by atoms with Crippen molar-refractivity contribution >= 4 is 27.3 Å². The number of halogens is 1. The molecular formula is C16H14ClN3O3S. The fraction of sp³-hybridized carbons (Fsp3) is 0.125. The molecule has 0 aliphatic heterocycles. The average molecular weight is 364 g/mol. The molecule has 6 nitrogen and oxygen atoms in total. The SMILES string of the molecule is Cc1noc(-c2ccc(C)c(S(=O)(=O)Nc3ccccc3Cl)c2)n1. The predicted molar refractivity (Wildman–Crippen MR) is 91.5 cm³/mol. The van der Waals surface area contributed by atoms with Gasteiger partial charge in [-0.05, 0) is 43.7 Å². The van der Waals surface area contributed by atoms with Crippen LogP contribution in [-0.2, 0) is 10.0 Å². The molecule has 1 N–H and O–H groups in total. The van der Waals surface area contributed by atoms with Crippen LogP contribution < -0.4 is 4.72 Å². The zero-order chi connectivity index (χ0) is 17.3. The summed E-state index contributed by atoms with van der Waals surface area (Å²) >= 11 is 6.03. The largest absolute Gasteiger partial charge is 0.334 e. The molecule has 0 saturated heterocycles. The quantitative estimate of drug-likeness (QED) is 0.761. The van der Waals surface area contributed by atoms with E-state index in [0.29, 0.717) is 27.7 Å². The van der Waals surface area contributed by atoms with Gasteiger partial charge in [-0.3, -0.25) is 4.72 Å². The van der Waals surface area contributed by atoms with Crippen LogP contribution in [0.25, 0.3) is 11.5 Å². The second kappa shape index (κ2) is 6.26. The maximum Gasteiger partial charge on any atom is 0.262 e. The summed E-state index contributed by atoms with van der Waals surface area (Å²) in [6.45, 7) is 3.40. The third-order valence-electron chi connectivity index (χ3n) is 3.37. The first-order valence-corrected chi connectivity index (χ1v) is 8.91. The summed E-state index contributed by atoms with van der Waals surface area (Å²) in [5, 5.41) is 4.04. The molecule has 3 rings (SSSR count). The second-order valence-corrected chi connectivity index (χ2v) is 7.27. The van der Waals surface area contributed by atoms with E-state index >= 15 is 0 Å². The summed E-state index contributed by atoms with van der Waals surface area (Å²) in [7, 11) is -3.81. The van der Waals surface area contributed by atoms with Crippen molar-refractivity contribution in [3.63, 3.8) is 0 Å². The summed E-state index contributed by atoms with van der Waals surface area (Å²) in [6, 6.07) is 11.6. The number of nitrogens with zero attached hydrogens (tertiary/aromatic N) is 2. The van der Waals surface area contributed by atoms with Crippen LogP contribution in [0.3, 0.4) is 0 Å². The van der Waals surface area contributed by atoms with Crippen LogP contribution in [0.1, 0.15) is 11.4 Å². The first kappa shape index (κ1) is 16.5. The van der Waals surface area contributed by atoms with Crippen LogP contribution >= 0.6 is 11.6 Å². The van der Waals surface area contributed by atoms with E-state index in [4.69, 9.17) is 16.1 Å². The molecule has 0 amide bonds. The molecule has 8 heteroatoms. The molecule has 0 aliphatic carbocycles. The number of rotatable bonds is 4. The smallest absolute Gasteiger partial charge is 0.262 e. The predicted octanol–water partition coefficient (Wildman–Crippen LogP) is 3.81. The number of para-hydroxylation sites is 1. The zero-order valence-electron chi connectivity index (χ0n) is 12.9. The van der Waals surface area contributed by atoms with Crippen LogP contribution in [0.15, 0.2) is 51.9 Å². The molecule has 1 heterocycles. The number of nitrogens with one attached hydrogen (secondary N) is 1. The Bertz CT molecular complexity index is 999. The normalized spacial score (nSPS) is 11.5. The van der Waals surface area contributed by atoms with Crippen molar-refractivity contribution in [2.45, 2.75) is 18.7 Å². The van der Waals surface area contributed by atoms with E-state index < -0.39 is 10.0 Å². The maximum absolute atomic E-state index is 12.7. The highest BCUT2D eigenvalue weighted by Gasteiger charge is 2.20. The second-order valence-electron chi connectivity index (χ2n) is 5.21. The lowest BCUT2D eigenvalue weighted by Crippen LogP contribution is -2.14. The van der Waals surface area contributed by atoms with Gasteiger partial charge in [0.2, 0.25) is 0 Å². The lowest BCUT2D eigenvalue weighted by atomic mass is 10.1. The van der Waals surface area contributed by atoms with Crippen LogP contribution in [0, 0.1) is 13.8 Å². The molecule has 0 bridgehead atoms. The summed E-state index contributed by atoms with van der Waals surface area (Å²) in [6.07, 6.45) is 0. The Labute approximate surface area is 144 Å². The molecule has 3 aromatic rings. The van der Waals surface area contributed by atoms with E-state index in [1.807, 2.05) is 0 Å². The van der Waals surface area contributed by atoms with Gasteiger partial charge in [0.25, 0.3) is 15.9 Å². The minimum Gasteiger partial charge on any atom is -0.334 e. The van der Waals surface area contributed by atoms with E-state index in [9.17, 15) is 8.42 Å². The topological polar surface area (TPSA) is 85.1 Å². The van der Waals surface area contributed by atoms with Gasteiger partial charge in [0.1, 0.15) is 0 Å². The molecule has 0 atom stereocenters. The van der Waals surface area contributed by atoms with Crippen molar-refractivity contribution in [2.75, 3.05) is 4.72 Å². The van der Waals surface area contributed by atoms with E-state index in [0.717, 1.165) is 0 Å².